The van der Waals surface area contributed by atoms with Crippen LogP contribution in [0.3, 0.4) is 0 Å². The number of piperazine rings is 1. The summed E-state index contributed by atoms with van der Waals surface area (Å²) in [6.45, 7) is 5.74. The normalized spacial score (nSPS) is 13.9. The van der Waals surface area contributed by atoms with Crippen molar-refractivity contribution < 1.29 is 13.6 Å². The number of imidazole rings is 1. The number of carbonyl (C=O) groups excluding carboxylic acids is 1. The maximum absolute atomic E-state index is 14.1. The van der Waals surface area contributed by atoms with E-state index >= 15 is 0 Å². The summed E-state index contributed by atoms with van der Waals surface area (Å²) in [7, 11) is 0. The number of halogens is 2. The number of rotatable bonds is 6. The van der Waals surface area contributed by atoms with Gasteiger partial charge in [0.25, 0.3) is 5.91 Å². The second-order valence-electron chi connectivity index (χ2n) is 8.61. The van der Waals surface area contributed by atoms with Crippen LogP contribution in [-0.2, 0) is 13.0 Å². The minimum Gasteiger partial charge on any atom is -0.368 e. The van der Waals surface area contributed by atoms with Crippen LogP contribution < -0.4 is 15.1 Å². The molecular formula is C27H27F2N5O. The highest BCUT2D eigenvalue weighted by atomic mass is 19.1. The van der Waals surface area contributed by atoms with Crippen LogP contribution in [0.1, 0.15) is 28.7 Å². The molecule has 8 heteroatoms. The van der Waals surface area contributed by atoms with E-state index in [9.17, 15) is 13.6 Å². The van der Waals surface area contributed by atoms with Gasteiger partial charge in [-0.3, -0.25) is 9.20 Å². The number of amides is 1. The average molecular weight is 476 g/mol. The maximum atomic E-state index is 14.1. The van der Waals surface area contributed by atoms with Crippen molar-refractivity contribution in [1.29, 1.82) is 0 Å². The molecule has 2 aromatic carbocycles. The van der Waals surface area contributed by atoms with Crippen LogP contribution in [0.5, 0.6) is 0 Å². The lowest BCUT2D eigenvalue weighted by Crippen LogP contribution is -2.46. The second-order valence-corrected chi connectivity index (χ2v) is 8.61. The zero-order chi connectivity index (χ0) is 24.4. The van der Waals surface area contributed by atoms with Gasteiger partial charge in [-0.2, -0.15) is 0 Å². The van der Waals surface area contributed by atoms with Crippen molar-refractivity contribution in [2.24, 2.45) is 0 Å². The maximum Gasteiger partial charge on any atom is 0.270 e. The standard InChI is InChI=1S/C27H27F2N5O/c1-2-24-25(34-13-3-4-23(29)26(34)31-24)27(35)30-18-19-5-9-21(10-6-19)32-14-16-33(17-15-32)22-11-7-20(28)8-12-22/h3-13H,2,14-18H2,1H3,(H,30,35). The van der Waals surface area contributed by atoms with E-state index in [1.54, 1.807) is 12.3 Å². The van der Waals surface area contributed by atoms with Gasteiger partial charge in [0, 0.05) is 50.3 Å². The number of carbonyl (C=O) groups is 1. The van der Waals surface area contributed by atoms with E-state index < -0.39 is 5.82 Å². The molecule has 1 amide bonds. The molecule has 0 unspecified atom stereocenters. The number of pyridine rings is 1. The summed E-state index contributed by atoms with van der Waals surface area (Å²) in [5.41, 5.74) is 4.25. The first-order chi connectivity index (χ1) is 17.0. The third kappa shape index (κ3) is 4.69. The van der Waals surface area contributed by atoms with Crippen LogP contribution in [0.2, 0.25) is 0 Å². The molecule has 0 spiro atoms. The van der Waals surface area contributed by atoms with Crippen molar-refractivity contribution in [2.45, 2.75) is 19.9 Å². The molecule has 0 aliphatic carbocycles. The molecule has 1 aliphatic heterocycles. The molecule has 0 atom stereocenters. The average Bonchev–Trinajstić information content (AvgIpc) is 3.28. The Kier molecular flexibility index (Phi) is 6.35. The van der Waals surface area contributed by atoms with E-state index in [0.717, 1.165) is 43.1 Å². The Hall–Kier alpha value is -3.94. The van der Waals surface area contributed by atoms with E-state index in [0.29, 0.717) is 24.4 Å². The van der Waals surface area contributed by atoms with Crippen LogP contribution in [0.4, 0.5) is 20.2 Å². The zero-order valence-electron chi connectivity index (χ0n) is 19.5. The largest absolute Gasteiger partial charge is 0.368 e. The van der Waals surface area contributed by atoms with E-state index in [4.69, 9.17) is 0 Å². The number of fused-ring (bicyclic) bond motifs is 1. The Balaban J connectivity index is 1.20. The van der Waals surface area contributed by atoms with Crippen molar-refractivity contribution >= 4 is 22.9 Å². The predicted molar refractivity (Wildman–Crippen MR) is 133 cm³/mol. The first kappa shape index (κ1) is 22.8. The van der Waals surface area contributed by atoms with Crippen LogP contribution in [0.15, 0.2) is 66.9 Å². The number of aromatic nitrogens is 2. The number of benzene rings is 2. The van der Waals surface area contributed by atoms with Crippen molar-refractivity contribution in [3.63, 3.8) is 0 Å². The molecule has 1 aliphatic rings. The van der Waals surface area contributed by atoms with Crippen molar-refractivity contribution in [1.82, 2.24) is 14.7 Å². The molecule has 1 saturated heterocycles. The Morgan fingerprint density at radius 2 is 1.51 bits per heavy atom. The van der Waals surface area contributed by atoms with E-state index in [-0.39, 0.29) is 17.4 Å². The Morgan fingerprint density at radius 1 is 0.914 bits per heavy atom. The highest BCUT2D eigenvalue weighted by molar-refractivity contribution is 5.94. The molecule has 2 aromatic heterocycles. The predicted octanol–water partition coefficient (Wildman–Crippen LogP) is 4.43. The van der Waals surface area contributed by atoms with Crippen LogP contribution in [0.25, 0.3) is 5.65 Å². The van der Waals surface area contributed by atoms with Crippen molar-refractivity contribution in [2.75, 3.05) is 36.0 Å². The van der Waals surface area contributed by atoms with Gasteiger partial charge in [0.15, 0.2) is 11.5 Å². The summed E-state index contributed by atoms with van der Waals surface area (Å²) in [4.78, 5) is 21.8. The van der Waals surface area contributed by atoms with Gasteiger partial charge in [0.05, 0.1) is 5.69 Å². The highest BCUT2D eigenvalue weighted by Gasteiger charge is 2.20. The third-order valence-corrected chi connectivity index (χ3v) is 6.45. The fourth-order valence-corrected chi connectivity index (χ4v) is 4.53. The van der Waals surface area contributed by atoms with Gasteiger partial charge in [-0.1, -0.05) is 19.1 Å². The lowest BCUT2D eigenvalue weighted by molar-refractivity contribution is 0.0944. The number of anilines is 2. The molecule has 0 bridgehead atoms. The number of hydrogen-bond acceptors (Lipinski definition) is 4. The second kappa shape index (κ2) is 9.74. The molecule has 5 rings (SSSR count). The lowest BCUT2D eigenvalue weighted by atomic mass is 10.1. The molecule has 0 saturated carbocycles. The van der Waals surface area contributed by atoms with Gasteiger partial charge >= 0.3 is 0 Å². The highest BCUT2D eigenvalue weighted by Crippen LogP contribution is 2.22. The summed E-state index contributed by atoms with van der Waals surface area (Å²) in [6, 6.07) is 17.7. The third-order valence-electron chi connectivity index (χ3n) is 6.45. The van der Waals surface area contributed by atoms with Gasteiger partial charge < -0.3 is 15.1 Å². The van der Waals surface area contributed by atoms with E-state index in [1.807, 2.05) is 31.2 Å². The molecule has 180 valence electrons. The number of nitrogens with zero attached hydrogens (tertiary/aromatic N) is 4. The summed E-state index contributed by atoms with van der Waals surface area (Å²) in [5, 5.41) is 2.95. The molecule has 4 aromatic rings. The van der Waals surface area contributed by atoms with Gasteiger partial charge in [0.2, 0.25) is 0 Å². The molecule has 6 nitrogen and oxygen atoms in total. The molecular weight excluding hydrogens is 448 g/mol. The van der Waals surface area contributed by atoms with Crippen LogP contribution in [-0.4, -0.2) is 41.5 Å². The first-order valence-corrected chi connectivity index (χ1v) is 11.8. The summed E-state index contributed by atoms with van der Waals surface area (Å²) >= 11 is 0. The molecule has 3 heterocycles. The van der Waals surface area contributed by atoms with Gasteiger partial charge in [-0.15, -0.1) is 0 Å². The van der Waals surface area contributed by atoms with Gasteiger partial charge in [0.1, 0.15) is 11.5 Å². The Morgan fingerprint density at radius 3 is 2.11 bits per heavy atom. The molecule has 1 N–H and O–H groups in total. The summed E-state index contributed by atoms with van der Waals surface area (Å²) < 4.78 is 28.8. The quantitative estimate of drug-likeness (QED) is 0.448. The smallest absolute Gasteiger partial charge is 0.270 e. The van der Waals surface area contributed by atoms with Gasteiger partial charge in [-0.25, -0.2) is 13.8 Å². The molecule has 1 fully saturated rings. The number of aryl methyl sites for hydroxylation is 1. The minimum atomic E-state index is -0.449. The fourth-order valence-electron chi connectivity index (χ4n) is 4.53. The lowest BCUT2D eigenvalue weighted by Gasteiger charge is -2.37. The van der Waals surface area contributed by atoms with Crippen molar-refractivity contribution in [3.05, 3.63) is 95.4 Å². The zero-order valence-corrected chi connectivity index (χ0v) is 19.5. The van der Waals surface area contributed by atoms with Crippen LogP contribution in [0, 0.1) is 11.6 Å². The SMILES string of the molecule is CCc1nc2c(F)cccn2c1C(=O)NCc1ccc(N2CCN(c3ccc(F)cc3)CC2)cc1. The van der Waals surface area contributed by atoms with E-state index in [1.165, 1.54) is 22.6 Å². The molecule has 35 heavy (non-hydrogen) atoms. The molecule has 0 radical (unpaired) electrons. The minimum absolute atomic E-state index is 0.165. The topological polar surface area (TPSA) is 52.9 Å². The first-order valence-electron chi connectivity index (χ1n) is 11.8. The van der Waals surface area contributed by atoms with Gasteiger partial charge in [-0.05, 0) is 60.5 Å². The van der Waals surface area contributed by atoms with E-state index in [2.05, 4.69) is 32.2 Å². The monoisotopic (exact) mass is 475 g/mol. The van der Waals surface area contributed by atoms with Crippen LogP contribution >= 0.6 is 0 Å². The summed E-state index contributed by atoms with van der Waals surface area (Å²) in [5.74, 6) is -0.946. The number of hydrogen-bond donors (Lipinski definition) is 1. The Bertz CT molecular complexity index is 1330. The number of nitrogens with one attached hydrogen (secondary N) is 1. The summed E-state index contributed by atoms with van der Waals surface area (Å²) in [6.07, 6.45) is 2.19. The fraction of sp³-hybridized carbons (Fsp3) is 0.259. The van der Waals surface area contributed by atoms with Crippen molar-refractivity contribution in [3.8, 4) is 0 Å². The Labute approximate surface area is 202 Å².